The number of rotatable bonds is 4. The summed E-state index contributed by atoms with van der Waals surface area (Å²) < 4.78 is 4.49. The van der Waals surface area contributed by atoms with Gasteiger partial charge in [0, 0.05) is 30.6 Å². The molecule has 0 spiro atoms. The predicted octanol–water partition coefficient (Wildman–Crippen LogP) is 3.02. The third kappa shape index (κ3) is 2.17. The lowest BCUT2D eigenvalue weighted by molar-refractivity contribution is 0.529. The Morgan fingerprint density at radius 3 is 2.95 bits per heavy atom. The monoisotopic (exact) mass is 298 g/mol. The molecule has 0 N–H and O–H groups in total. The largest absolute Gasteiger partial charge is 0.309 e. The van der Waals surface area contributed by atoms with E-state index in [0.29, 0.717) is 11.9 Å². The Morgan fingerprint density at radius 1 is 1.47 bits per heavy atom. The molecule has 104 valence electrons. The number of nitrogens with zero attached hydrogens (tertiary/aromatic N) is 4. The summed E-state index contributed by atoms with van der Waals surface area (Å²) in [7, 11) is 0. The van der Waals surface area contributed by atoms with E-state index in [9.17, 15) is 0 Å². The molecule has 1 saturated heterocycles. The van der Waals surface area contributed by atoms with Gasteiger partial charge in [0.25, 0.3) is 0 Å². The van der Waals surface area contributed by atoms with Gasteiger partial charge in [-0.15, -0.1) is 11.6 Å². The number of fused-ring (bicyclic) bond motifs is 1. The van der Waals surface area contributed by atoms with Gasteiger partial charge in [-0.05, 0) is 26.0 Å². The predicted molar refractivity (Wildman–Crippen MR) is 81.3 cm³/mol. The molecule has 0 bridgehead atoms. The zero-order valence-electron chi connectivity index (χ0n) is 11.4. The minimum atomic E-state index is 0.551. The van der Waals surface area contributed by atoms with Gasteiger partial charge in [0.05, 0.1) is 5.69 Å². The van der Waals surface area contributed by atoms with E-state index in [-0.39, 0.29) is 0 Å². The highest BCUT2D eigenvalue weighted by atomic mass is 35.5. The van der Waals surface area contributed by atoms with Crippen LogP contribution in [0.1, 0.15) is 30.9 Å². The van der Waals surface area contributed by atoms with Crippen LogP contribution in [0.4, 0.5) is 0 Å². The van der Waals surface area contributed by atoms with Gasteiger partial charge in [-0.3, -0.25) is 0 Å². The van der Waals surface area contributed by atoms with Crippen LogP contribution in [-0.2, 0) is 13.0 Å². The van der Waals surface area contributed by atoms with Gasteiger partial charge in [0.1, 0.15) is 11.3 Å². The maximum atomic E-state index is 5.94. The van der Waals surface area contributed by atoms with Gasteiger partial charge in [-0.1, -0.05) is 0 Å². The third-order valence-corrected chi connectivity index (χ3v) is 5.04. The average Bonchev–Trinajstić information content (AvgIpc) is 3.07. The summed E-state index contributed by atoms with van der Waals surface area (Å²) in [6, 6.07) is 0.551. The number of aromatic nitrogens is 4. The van der Waals surface area contributed by atoms with Crippen molar-refractivity contribution < 1.29 is 0 Å². The Balaban J connectivity index is 2.20. The first kappa shape index (κ1) is 13.3. The molecule has 0 aliphatic carbocycles. The fourth-order valence-electron chi connectivity index (χ4n) is 2.83. The molecule has 0 amide bonds. The topological polar surface area (TPSA) is 35.6 Å². The summed E-state index contributed by atoms with van der Waals surface area (Å²) in [6.07, 6.45) is 2.06. The van der Waals surface area contributed by atoms with Crippen molar-refractivity contribution in [1.82, 2.24) is 19.3 Å². The molecule has 0 saturated carbocycles. The zero-order chi connectivity index (χ0) is 13.4. The van der Waals surface area contributed by atoms with Crippen LogP contribution in [0.25, 0.3) is 11.2 Å². The fraction of sp³-hybridized carbons (Fsp3) is 0.692. The lowest BCUT2D eigenvalue weighted by atomic mass is 10.2. The van der Waals surface area contributed by atoms with Crippen LogP contribution in [0.5, 0.6) is 0 Å². The molecule has 1 fully saturated rings. The Kier molecular flexibility index (Phi) is 3.76. The van der Waals surface area contributed by atoms with Crippen LogP contribution >= 0.6 is 23.4 Å². The van der Waals surface area contributed by atoms with Gasteiger partial charge in [0.15, 0.2) is 5.65 Å². The highest BCUT2D eigenvalue weighted by molar-refractivity contribution is 7.99. The average molecular weight is 299 g/mol. The van der Waals surface area contributed by atoms with E-state index in [2.05, 4.69) is 21.3 Å². The second kappa shape index (κ2) is 5.37. The van der Waals surface area contributed by atoms with E-state index in [1.807, 2.05) is 18.7 Å². The third-order valence-electron chi connectivity index (χ3n) is 3.71. The van der Waals surface area contributed by atoms with Crippen molar-refractivity contribution in [3.05, 3.63) is 11.5 Å². The lowest BCUT2D eigenvalue weighted by Gasteiger charge is -2.16. The van der Waals surface area contributed by atoms with Gasteiger partial charge >= 0.3 is 0 Å². The molecule has 0 aromatic carbocycles. The molecule has 1 atom stereocenters. The summed E-state index contributed by atoms with van der Waals surface area (Å²) in [4.78, 5) is 4.80. The SMILES string of the molecule is CCn1nc(C)c2nc(CCCl)n(C3CCSC3)c21. The highest BCUT2D eigenvalue weighted by Crippen LogP contribution is 2.33. The molecule has 4 nitrogen and oxygen atoms in total. The first-order valence-electron chi connectivity index (χ1n) is 6.84. The van der Waals surface area contributed by atoms with Crippen molar-refractivity contribution in [1.29, 1.82) is 0 Å². The Bertz CT molecular complexity index is 583. The van der Waals surface area contributed by atoms with Crippen molar-refractivity contribution in [3.8, 4) is 0 Å². The molecule has 19 heavy (non-hydrogen) atoms. The molecule has 6 heteroatoms. The number of aryl methyl sites for hydroxylation is 3. The molecule has 3 heterocycles. The lowest BCUT2D eigenvalue weighted by Crippen LogP contribution is -2.15. The van der Waals surface area contributed by atoms with Crippen molar-refractivity contribution in [2.75, 3.05) is 17.4 Å². The van der Waals surface area contributed by atoms with Gasteiger partial charge < -0.3 is 4.57 Å². The maximum Gasteiger partial charge on any atom is 0.159 e. The first-order valence-corrected chi connectivity index (χ1v) is 8.53. The minimum absolute atomic E-state index is 0.551. The number of hydrogen-bond donors (Lipinski definition) is 0. The van der Waals surface area contributed by atoms with E-state index < -0.39 is 0 Å². The van der Waals surface area contributed by atoms with Crippen LogP contribution in [0.2, 0.25) is 0 Å². The van der Waals surface area contributed by atoms with Gasteiger partial charge in [0.2, 0.25) is 0 Å². The molecule has 1 unspecified atom stereocenters. The Morgan fingerprint density at radius 2 is 2.32 bits per heavy atom. The molecule has 2 aromatic heterocycles. The smallest absolute Gasteiger partial charge is 0.159 e. The van der Waals surface area contributed by atoms with Crippen LogP contribution in [-0.4, -0.2) is 36.7 Å². The van der Waals surface area contributed by atoms with Crippen molar-refractivity contribution in [3.63, 3.8) is 0 Å². The summed E-state index contributed by atoms with van der Waals surface area (Å²) in [5.74, 6) is 4.16. The summed E-state index contributed by atoms with van der Waals surface area (Å²) >= 11 is 7.97. The standard InChI is InChI=1S/C13H19ClN4S/c1-3-17-13-12(9(2)16-17)15-11(4-6-14)18(13)10-5-7-19-8-10/h10H,3-8H2,1-2H3. The fourth-order valence-corrected chi connectivity index (χ4v) is 4.19. The van der Waals surface area contributed by atoms with Crippen molar-refractivity contribution in [2.45, 2.75) is 39.3 Å². The molecule has 1 aliphatic heterocycles. The summed E-state index contributed by atoms with van der Waals surface area (Å²) in [5.41, 5.74) is 3.27. The second-order valence-electron chi connectivity index (χ2n) is 4.93. The normalized spacial score (nSPS) is 19.6. The number of halogens is 1. The molecule has 3 rings (SSSR count). The zero-order valence-corrected chi connectivity index (χ0v) is 13.0. The number of imidazole rings is 1. The first-order chi connectivity index (χ1) is 9.26. The van der Waals surface area contributed by atoms with Crippen LogP contribution in [0.15, 0.2) is 0 Å². The molecule has 1 aliphatic rings. The Labute approximate surface area is 122 Å². The van der Waals surface area contributed by atoms with E-state index >= 15 is 0 Å². The molecular formula is C13H19ClN4S. The van der Waals surface area contributed by atoms with E-state index in [1.165, 1.54) is 23.6 Å². The van der Waals surface area contributed by atoms with Crippen LogP contribution < -0.4 is 0 Å². The summed E-state index contributed by atoms with van der Waals surface area (Å²) in [5, 5.41) is 4.60. The number of hydrogen-bond acceptors (Lipinski definition) is 3. The van der Waals surface area contributed by atoms with Gasteiger partial charge in [-0.25, -0.2) is 9.67 Å². The second-order valence-corrected chi connectivity index (χ2v) is 6.46. The number of thioether (sulfide) groups is 1. The quantitative estimate of drug-likeness (QED) is 0.814. The van der Waals surface area contributed by atoms with Gasteiger partial charge in [-0.2, -0.15) is 16.9 Å². The minimum Gasteiger partial charge on any atom is -0.309 e. The summed E-state index contributed by atoms with van der Waals surface area (Å²) in [6.45, 7) is 5.06. The molecule has 2 aromatic rings. The van der Waals surface area contributed by atoms with E-state index in [4.69, 9.17) is 16.6 Å². The van der Waals surface area contributed by atoms with Crippen molar-refractivity contribution in [2.24, 2.45) is 0 Å². The van der Waals surface area contributed by atoms with Crippen molar-refractivity contribution >= 4 is 34.5 Å². The van der Waals surface area contributed by atoms with E-state index in [1.54, 1.807) is 0 Å². The highest BCUT2D eigenvalue weighted by Gasteiger charge is 2.26. The Hall–Kier alpha value is -0.680. The van der Waals surface area contributed by atoms with Crippen LogP contribution in [0.3, 0.4) is 0 Å². The molecule has 0 radical (unpaired) electrons. The number of alkyl halides is 1. The van der Waals surface area contributed by atoms with Crippen LogP contribution in [0, 0.1) is 6.92 Å². The maximum absolute atomic E-state index is 5.94. The van der Waals surface area contributed by atoms with E-state index in [0.717, 1.165) is 30.0 Å². The molecular weight excluding hydrogens is 280 g/mol.